The predicted molar refractivity (Wildman–Crippen MR) is 165 cm³/mol. The Hall–Kier alpha value is -5.78. The molecular formula is C34H29N3O9. The van der Waals surface area contributed by atoms with Crippen molar-refractivity contribution in [1.82, 2.24) is 16.0 Å². The molecule has 5 N–H and O–H groups in total. The largest absolute Gasteiger partial charge is 0.508 e. The van der Waals surface area contributed by atoms with Crippen molar-refractivity contribution >= 4 is 40.7 Å². The molecule has 6 rings (SSSR count). The number of aromatic hydroxyl groups is 1. The second-order valence-corrected chi connectivity index (χ2v) is 11.4. The van der Waals surface area contributed by atoms with E-state index < -0.39 is 40.6 Å². The van der Waals surface area contributed by atoms with E-state index in [-0.39, 0.29) is 47.1 Å². The smallest absolute Gasteiger partial charge is 0.336 e. The summed E-state index contributed by atoms with van der Waals surface area (Å²) >= 11 is 0. The molecule has 2 aliphatic heterocycles. The summed E-state index contributed by atoms with van der Waals surface area (Å²) in [5, 5.41) is 27.6. The number of barbiturate groups is 1. The molecule has 2 aliphatic carbocycles. The molecule has 1 saturated carbocycles. The highest BCUT2D eigenvalue weighted by Crippen LogP contribution is 2.45. The zero-order valence-corrected chi connectivity index (χ0v) is 24.4. The molecule has 2 aromatic rings. The number of aromatic carboxylic acids is 1. The maximum atomic E-state index is 13.1. The lowest BCUT2D eigenvalue weighted by atomic mass is 9.69. The van der Waals surface area contributed by atoms with Crippen LogP contribution in [0.15, 0.2) is 76.0 Å². The minimum absolute atomic E-state index is 0.0237. The average molecular weight is 624 g/mol. The van der Waals surface area contributed by atoms with Gasteiger partial charge in [0.2, 0.25) is 17.7 Å². The van der Waals surface area contributed by atoms with Gasteiger partial charge in [-0.05, 0) is 67.2 Å². The van der Waals surface area contributed by atoms with Crippen molar-refractivity contribution < 1.29 is 38.6 Å². The molecule has 0 bridgehead atoms. The predicted octanol–water partition coefficient (Wildman–Crippen LogP) is 4.07. The normalized spacial score (nSPS) is 16.6. The minimum Gasteiger partial charge on any atom is -0.508 e. The van der Waals surface area contributed by atoms with E-state index in [2.05, 4.69) is 16.0 Å². The Morgan fingerprint density at radius 1 is 0.957 bits per heavy atom. The third kappa shape index (κ3) is 5.27. The molecule has 1 saturated heterocycles. The number of phenolic OH excluding ortho intramolecular Hbond substituents is 1. The second kappa shape index (κ2) is 12.0. The molecule has 2 heterocycles. The van der Waals surface area contributed by atoms with Gasteiger partial charge in [0, 0.05) is 22.6 Å². The van der Waals surface area contributed by atoms with Crippen molar-refractivity contribution in [2.75, 3.05) is 0 Å². The highest BCUT2D eigenvalue weighted by atomic mass is 16.4. The molecule has 0 spiro atoms. The van der Waals surface area contributed by atoms with Gasteiger partial charge >= 0.3 is 12.0 Å². The van der Waals surface area contributed by atoms with E-state index in [4.69, 9.17) is 4.42 Å². The van der Waals surface area contributed by atoms with E-state index in [1.54, 1.807) is 24.3 Å². The molecule has 234 valence electrons. The van der Waals surface area contributed by atoms with Gasteiger partial charge in [-0.15, -0.1) is 0 Å². The van der Waals surface area contributed by atoms with Crippen LogP contribution in [0.3, 0.4) is 0 Å². The quantitative estimate of drug-likeness (QED) is 0.109. The Kier molecular flexibility index (Phi) is 7.86. The number of carboxylic acids is 1. The van der Waals surface area contributed by atoms with Crippen LogP contribution < -0.4 is 21.4 Å². The molecular weight excluding hydrogens is 594 g/mol. The summed E-state index contributed by atoms with van der Waals surface area (Å²) in [5.41, 5.74) is -0.390. The van der Waals surface area contributed by atoms with E-state index in [0.29, 0.717) is 34.9 Å². The van der Waals surface area contributed by atoms with Crippen molar-refractivity contribution in [3.05, 3.63) is 88.1 Å². The molecule has 46 heavy (non-hydrogen) atoms. The number of carbonyl (C=O) groups excluding carboxylic acids is 4. The number of carboxylic acid groups (broad SMARTS) is 1. The van der Waals surface area contributed by atoms with Gasteiger partial charge in [0.05, 0.1) is 17.7 Å². The van der Waals surface area contributed by atoms with Crippen LogP contribution in [0, 0.1) is 11.3 Å². The molecule has 5 amide bonds. The number of amides is 5. The Bertz CT molecular complexity index is 1970. The van der Waals surface area contributed by atoms with Gasteiger partial charge in [-0.3, -0.25) is 29.8 Å². The number of nitrogens with one attached hydrogen (secondary N) is 3. The van der Waals surface area contributed by atoms with Crippen LogP contribution in [0.5, 0.6) is 5.75 Å². The Labute approximate surface area is 261 Å². The highest BCUT2D eigenvalue weighted by molar-refractivity contribution is 6.19. The van der Waals surface area contributed by atoms with Gasteiger partial charge in [0.25, 0.3) is 0 Å². The van der Waals surface area contributed by atoms with Crippen molar-refractivity contribution in [2.24, 2.45) is 11.3 Å². The van der Waals surface area contributed by atoms with E-state index in [1.807, 2.05) is 0 Å². The molecule has 12 heteroatoms. The first-order chi connectivity index (χ1) is 22.1. The molecule has 12 nitrogen and oxygen atoms in total. The minimum atomic E-state index is -1.52. The fraction of sp³-hybridized carbons (Fsp3) is 0.235. The first-order valence-electron chi connectivity index (χ1n) is 14.8. The summed E-state index contributed by atoms with van der Waals surface area (Å²) in [5.74, 6) is -3.43. The van der Waals surface area contributed by atoms with E-state index in [1.165, 1.54) is 42.5 Å². The summed E-state index contributed by atoms with van der Waals surface area (Å²) in [6.07, 6.45) is 5.44. The average Bonchev–Trinajstić information content (AvgIpc) is 3.56. The van der Waals surface area contributed by atoms with Crippen LogP contribution in [0.25, 0.3) is 33.4 Å². The van der Waals surface area contributed by atoms with Gasteiger partial charge < -0.3 is 19.9 Å². The fourth-order valence-electron chi connectivity index (χ4n) is 6.62. The number of allylic oxidation sites excluding steroid dienone is 1. The van der Waals surface area contributed by atoms with Crippen molar-refractivity contribution in [3.8, 4) is 28.2 Å². The lowest BCUT2D eigenvalue weighted by molar-refractivity contribution is -0.148. The van der Waals surface area contributed by atoms with Crippen LogP contribution in [0.4, 0.5) is 4.79 Å². The standard InChI is InChI=1S/C34H29N3O9/c38-19-11-12-22-26(16-19)46-29-23(28(22)20-8-3-4-9-21(20)30(41)42)13-14-25(39)24(29)17-35-27(40)10-5-15-34(18-6-1-2-7-18)31(43)36-33(45)37-32(34)44/h3-5,8-14,16,18,38H,1-2,6-7,15,17H2,(H,35,40)(H,41,42)(H2,36,37,43,44,45)/b10-5+. The summed E-state index contributed by atoms with van der Waals surface area (Å²) in [4.78, 5) is 75.8. The number of urea groups is 1. The van der Waals surface area contributed by atoms with Gasteiger partial charge in [-0.25, -0.2) is 9.59 Å². The van der Waals surface area contributed by atoms with Gasteiger partial charge in [-0.1, -0.05) is 37.1 Å². The Morgan fingerprint density at radius 2 is 1.67 bits per heavy atom. The lowest BCUT2D eigenvalue weighted by Gasteiger charge is -2.37. The van der Waals surface area contributed by atoms with Gasteiger partial charge in [0.15, 0.2) is 5.43 Å². The summed E-state index contributed by atoms with van der Waals surface area (Å²) in [6, 6.07) is 12.8. The number of hydrogen-bond acceptors (Lipinski definition) is 8. The number of imide groups is 2. The molecule has 4 aliphatic rings. The molecule has 0 atom stereocenters. The number of phenols is 1. The third-order valence-corrected chi connectivity index (χ3v) is 8.83. The lowest BCUT2D eigenvalue weighted by Crippen LogP contribution is -2.64. The first kappa shape index (κ1) is 30.3. The summed E-state index contributed by atoms with van der Waals surface area (Å²) in [6.45, 7) is -0.267. The van der Waals surface area contributed by atoms with Crippen molar-refractivity contribution in [1.29, 1.82) is 0 Å². The van der Waals surface area contributed by atoms with Crippen LogP contribution in [0.2, 0.25) is 0 Å². The summed E-state index contributed by atoms with van der Waals surface area (Å²) in [7, 11) is 0. The van der Waals surface area contributed by atoms with Crippen LogP contribution in [0.1, 0.15) is 48.0 Å². The molecule has 2 aromatic carbocycles. The molecule has 0 unspecified atom stereocenters. The topological polar surface area (TPSA) is 192 Å². The van der Waals surface area contributed by atoms with Crippen molar-refractivity contribution in [3.63, 3.8) is 0 Å². The van der Waals surface area contributed by atoms with Gasteiger partial charge in [0.1, 0.15) is 22.5 Å². The number of fused-ring (bicyclic) bond motifs is 2. The Morgan fingerprint density at radius 3 is 2.39 bits per heavy atom. The van der Waals surface area contributed by atoms with E-state index in [9.17, 15) is 39.0 Å². The van der Waals surface area contributed by atoms with Crippen LogP contribution in [-0.4, -0.2) is 39.9 Å². The van der Waals surface area contributed by atoms with Crippen LogP contribution in [-0.2, 0) is 20.9 Å². The van der Waals surface area contributed by atoms with Crippen molar-refractivity contribution in [2.45, 2.75) is 38.6 Å². The zero-order chi connectivity index (χ0) is 32.6. The monoisotopic (exact) mass is 623 g/mol. The fourth-order valence-corrected chi connectivity index (χ4v) is 6.62. The number of hydrogen-bond donors (Lipinski definition) is 5. The molecule has 2 fully saturated rings. The van der Waals surface area contributed by atoms with Crippen LogP contribution >= 0.6 is 0 Å². The number of carbonyl (C=O) groups is 5. The second-order valence-electron chi connectivity index (χ2n) is 11.4. The Balaban J connectivity index is 1.31. The highest BCUT2D eigenvalue weighted by Gasteiger charge is 2.55. The van der Waals surface area contributed by atoms with E-state index >= 15 is 0 Å². The molecule has 0 radical (unpaired) electrons. The zero-order valence-electron chi connectivity index (χ0n) is 24.4. The summed E-state index contributed by atoms with van der Waals surface area (Å²) < 4.78 is 6.10. The maximum absolute atomic E-state index is 13.1. The van der Waals surface area contributed by atoms with E-state index in [0.717, 1.165) is 12.8 Å². The van der Waals surface area contributed by atoms with Gasteiger partial charge in [-0.2, -0.15) is 0 Å². The number of rotatable bonds is 8. The number of benzene rings is 3. The SMILES string of the molecule is O=C(/C=C/CC1(C2CCCC2)C(=O)NC(=O)NC1=O)NCc1c2oc3cc(O)ccc3c(-c3ccccc3C(=O)O)c-2ccc1=O. The third-order valence-electron chi connectivity index (χ3n) is 8.83. The maximum Gasteiger partial charge on any atom is 0.336 e. The molecule has 0 aromatic heterocycles. The first-order valence-corrected chi connectivity index (χ1v) is 14.8.